The molecule has 2 N–H and O–H groups in total. The maximum atomic E-state index is 6.10. The Hall–Kier alpha value is -2.00. The SMILES string of the molecule is CC(N)c1ccccc1Oc1cccc2c1OC(C)(C)C2. The fourth-order valence-corrected chi connectivity index (χ4v) is 2.74. The first-order chi connectivity index (χ1) is 9.96. The van der Waals surface area contributed by atoms with Crippen LogP contribution in [0.5, 0.6) is 17.2 Å². The lowest BCUT2D eigenvalue weighted by atomic mass is 10.0. The molecule has 0 amide bonds. The lowest BCUT2D eigenvalue weighted by Crippen LogP contribution is -2.24. The van der Waals surface area contributed by atoms with Crippen molar-refractivity contribution in [3.8, 4) is 17.2 Å². The summed E-state index contributed by atoms with van der Waals surface area (Å²) in [5.41, 5.74) is 8.02. The van der Waals surface area contributed by atoms with Gasteiger partial charge in [-0.15, -0.1) is 0 Å². The number of para-hydroxylation sites is 2. The second kappa shape index (κ2) is 5.08. The Kier molecular flexibility index (Phi) is 3.38. The molecule has 1 unspecified atom stereocenters. The van der Waals surface area contributed by atoms with Crippen LogP contribution in [0.2, 0.25) is 0 Å². The summed E-state index contributed by atoms with van der Waals surface area (Å²) in [6.45, 7) is 6.14. The van der Waals surface area contributed by atoms with Crippen LogP contribution in [0, 0.1) is 0 Å². The van der Waals surface area contributed by atoms with E-state index in [0.717, 1.165) is 29.2 Å². The molecule has 3 heteroatoms. The Bertz CT molecular complexity index is 662. The first-order valence-corrected chi connectivity index (χ1v) is 7.29. The summed E-state index contributed by atoms with van der Waals surface area (Å²) in [5, 5.41) is 0. The van der Waals surface area contributed by atoms with Crippen molar-refractivity contribution in [2.24, 2.45) is 5.73 Å². The van der Waals surface area contributed by atoms with Crippen molar-refractivity contribution in [3.63, 3.8) is 0 Å². The number of ether oxygens (including phenoxy) is 2. The lowest BCUT2D eigenvalue weighted by Gasteiger charge is -2.19. The summed E-state index contributed by atoms with van der Waals surface area (Å²) in [6, 6.07) is 13.8. The maximum Gasteiger partial charge on any atom is 0.169 e. The molecule has 2 aromatic carbocycles. The predicted molar refractivity (Wildman–Crippen MR) is 84.0 cm³/mol. The number of benzene rings is 2. The molecule has 3 rings (SSSR count). The minimum atomic E-state index is -0.178. The number of rotatable bonds is 3. The van der Waals surface area contributed by atoms with Crippen LogP contribution >= 0.6 is 0 Å². The van der Waals surface area contributed by atoms with E-state index < -0.39 is 0 Å². The quantitative estimate of drug-likeness (QED) is 0.917. The van der Waals surface area contributed by atoms with E-state index in [1.165, 1.54) is 5.56 Å². The Morgan fingerprint density at radius 2 is 1.81 bits per heavy atom. The molecule has 110 valence electrons. The minimum Gasteiger partial charge on any atom is -0.483 e. The van der Waals surface area contributed by atoms with Crippen LogP contribution < -0.4 is 15.2 Å². The van der Waals surface area contributed by atoms with E-state index in [1.807, 2.05) is 43.3 Å². The maximum absolute atomic E-state index is 6.10. The Labute approximate surface area is 125 Å². The molecule has 0 radical (unpaired) electrons. The van der Waals surface area contributed by atoms with Gasteiger partial charge in [0.1, 0.15) is 11.4 Å². The van der Waals surface area contributed by atoms with Gasteiger partial charge in [0.15, 0.2) is 11.5 Å². The summed E-state index contributed by atoms with van der Waals surface area (Å²) < 4.78 is 12.1. The molecular formula is C18H21NO2. The van der Waals surface area contributed by atoms with Crippen LogP contribution in [0.1, 0.15) is 37.9 Å². The zero-order chi connectivity index (χ0) is 15.0. The van der Waals surface area contributed by atoms with Crippen molar-refractivity contribution in [3.05, 3.63) is 53.6 Å². The van der Waals surface area contributed by atoms with Crippen molar-refractivity contribution in [1.82, 2.24) is 0 Å². The molecule has 0 saturated carbocycles. The second-order valence-corrected chi connectivity index (χ2v) is 6.21. The molecular weight excluding hydrogens is 262 g/mol. The van der Waals surface area contributed by atoms with Gasteiger partial charge in [0, 0.05) is 23.6 Å². The van der Waals surface area contributed by atoms with E-state index in [9.17, 15) is 0 Å². The van der Waals surface area contributed by atoms with E-state index >= 15 is 0 Å². The van der Waals surface area contributed by atoms with Crippen LogP contribution in [-0.2, 0) is 6.42 Å². The molecule has 2 aromatic rings. The van der Waals surface area contributed by atoms with Gasteiger partial charge in [0.25, 0.3) is 0 Å². The third kappa shape index (κ3) is 2.74. The van der Waals surface area contributed by atoms with Crippen LogP contribution in [0.3, 0.4) is 0 Å². The van der Waals surface area contributed by atoms with Gasteiger partial charge in [-0.1, -0.05) is 30.3 Å². The number of hydrogen-bond acceptors (Lipinski definition) is 3. The van der Waals surface area contributed by atoms with Gasteiger partial charge in [-0.3, -0.25) is 0 Å². The average Bonchev–Trinajstić information content (AvgIpc) is 2.74. The molecule has 0 bridgehead atoms. The summed E-state index contributed by atoms with van der Waals surface area (Å²) in [7, 11) is 0. The molecule has 1 aliphatic rings. The average molecular weight is 283 g/mol. The molecule has 0 saturated heterocycles. The topological polar surface area (TPSA) is 44.5 Å². The van der Waals surface area contributed by atoms with Gasteiger partial charge in [-0.2, -0.15) is 0 Å². The van der Waals surface area contributed by atoms with Gasteiger partial charge >= 0.3 is 0 Å². The van der Waals surface area contributed by atoms with Gasteiger partial charge in [0.2, 0.25) is 0 Å². The predicted octanol–water partition coefficient (Wildman–Crippen LogP) is 4.21. The third-order valence-electron chi connectivity index (χ3n) is 3.68. The molecule has 0 fully saturated rings. The van der Waals surface area contributed by atoms with E-state index in [4.69, 9.17) is 15.2 Å². The highest BCUT2D eigenvalue weighted by Crippen LogP contribution is 2.44. The fourth-order valence-electron chi connectivity index (χ4n) is 2.74. The van der Waals surface area contributed by atoms with Crippen LogP contribution in [-0.4, -0.2) is 5.60 Å². The fraction of sp³-hybridized carbons (Fsp3) is 0.333. The Morgan fingerprint density at radius 1 is 1.10 bits per heavy atom. The molecule has 0 aromatic heterocycles. The molecule has 1 heterocycles. The monoisotopic (exact) mass is 283 g/mol. The lowest BCUT2D eigenvalue weighted by molar-refractivity contribution is 0.135. The van der Waals surface area contributed by atoms with Crippen molar-refractivity contribution in [1.29, 1.82) is 0 Å². The normalized spacial score (nSPS) is 17.0. The van der Waals surface area contributed by atoms with E-state index in [0.29, 0.717) is 0 Å². The first kappa shape index (κ1) is 14.0. The molecule has 21 heavy (non-hydrogen) atoms. The number of hydrogen-bond donors (Lipinski definition) is 1. The molecule has 1 atom stereocenters. The summed E-state index contributed by atoms with van der Waals surface area (Å²) >= 11 is 0. The smallest absolute Gasteiger partial charge is 0.169 e. The number of nitrogens with two attached hydrogens (primary N) is 1. The number of fused-ring (bicyclic) bond motifs is 1. The Morgan fingerprint density at radius 3 is 2.57 bits per heavy atom. The molecule has 0 spiro atoms. The zero-order valence-corrected chi connectivity index (χ0v) is 12.7. The van der Waals surface area contributed by atoms with Gasteiger partial charge in [-0.25, -0.2) is 0 Å². The van der Waals surface area contributed by atoms with Crippen molar-refractivity contribution in [2.75, 3.05) is 0 Å². The standard InChI is InChI=1S/C18H21NO2/c1-12(19)14-8-4-5-9-15(14)20-16-10-6-7-13-11-18(2,3)21-17(13)16/h4-10,12H,11,19H2,1-3H3. The van der Waals surface area contributed by atoms with E-state index in [1.54, 1.807) is 0 Å². The highest BCUT2D eigenvalue weighted by atomic mass is 16.5. The van der Waals surface area contributed by atoms with Crippen LogP contribution in [0.25, 0.3) is 0 Å². The van der Waals surface area contributed by atoms with Gasteiger partial charge in [0.05, 0.1) is 0 Å². The highest BCUT2D eigenvalue weighted by Gasteiger charge is 2.32. The second-order valence-electron chi connectivity index (χ2n) is 6.21. The van der Waals surface area contributed by atoms with Crippen LogP contribution in [0.15, 0.2) is 42.5 Å². The first-order valence-electron chi connectivity index (χ1n) is 7.29. The Balaban J connectivity index is 1.97. The molecule has 3 nitrogen and oxygen atoms in total. The molecule has 0 aliphatic carbocycles. The van der Waals surface area contributed by atoms with Gasteiger partial charge < -0.3 is 15.2 Å². The third-order valence-corrected chi connectivity index (χ3v) is 3.68. The van der Waals surface area contributed by atoms with Gasteiger partial charge in [-0.05, 0) is 32.9 Å². The van der Waals surface area contributed by atoms with Crippen molar-refractivity contribution in [2.45, 2.75) is 38.8 Å². The summed E-state index contributed by atoms with van der Waals surface area (Å²) in [6.07, 6.45) is 0.897. The summed E-state index contributed by atoms with van der Waals surface area (Å²) in [5.74, 6) is 2.39. The minimum absolute atomic E-state index is 0.0738. The summed E-state index contributed by atoms with van der Waals surface area (Å²) in [4.78, 5) is 0. The largest absolute Gasteiger partial charge is 0.483 e. The highest BCUT2D eigenvalue weighted by molar-refractivity contribution is 5.52. The van der Waals surface area contributed by atoms with Crippen molar-refractivity contribution >= 4 is 0 Å². The van der Waals surface area contributed by atoms with Crippen LogP contribution in [0.4, 0.5) is 0 Å². The zero-order valence-electron chi connectivity index (χ0n) is 12.7. The van der Waals surface area contributed by atoms with E-state index in [2.05, 4.69) is 19.9 Å². The molecule has 1 aliphatic heterocycles. The van der Waals surface area contributed by atoms with E-state index in [-0.39, 0.29) is 11.6 Å². The van der Waals surface area contributed by atoms with Crippen molar-refractivity contribution < 1.29 is 9.47 Å².